The second-order valence-corrected chi connectivity index (χ2v) is 7.43. The van der Waals surface area contributed by atoms with Gasteiger partial charge in [-0.05, 0) is 17.4 Å². The fourth-order valence-corrected chi connectivity index (χ4v) is 3.69. The van der Waals surface area contributed by atoms with Crippen molar-refractivity contribution in [1.82, 2.24) is 0 Å². The minimum atomic E-state index is -4.76. The summed E-state index contributed by atoms with van der Waals surface area (Å²) in [6.07, 6.45) is -3.87. The first kappa shape index (κ1) is 18.0. The molecule has 2 aliphatic rings. The van der Waals surface area contributed by atoms with Crippen LogP contribution >= 0.6 is 0 Å². The lowest BCUT2D eigenvalue weighted by molar-refractivity contribution is -0.270. The van der Waals surface area contributed by atoms with Gasteiger partial charge in [-0.15, -0.1) is 0 Å². The number of hydrogen-bond donors (Lipinski definition) is 1. The maximum atomic E-state index is 13.7. The van der Waals surface area contributed by atoms with Crippen molar-refractivity contribution in [2.45, 2.75) is 56.3 Å². The van der Waals surface area contributed by atoms with E-state index in [4.69, 9.17) is 9.47 Å². The molecule has 2 aliphatic heterocycles. The lowest BCUT2D eigenvalue weighted by atomic mass is 9.72. The Morgan fingerprint density at radius 3 is 2.68 bits per heavy atom. The zero-order valence-electron chi connectivity index (χ0n) is 14.3. The van der Waals surface area contributed by atoms with Crippen LogP contribution in [0.2, 0.25) is 0 Å². The number of aliphatic hydroxyl groups is 1. The zero-order valence-corrected chi connectivity index (χ0v) is 14.3. The molecule has 0 radical (unpaired) electrons. The molecule has 0 amide bonds. The molecule has 2 heterocycles. The van der Waals surface area contributed by atoms with Gasteiger partial charge in [-0.1, -0.05) is 32.0 Å². The Balaban J connectivity index is 1.90. The van der Waals surface area contributed by atoms with Crippen LogP contribution in [0.25, 0.3) is 0 Å². The third kappa shape index (κ3) is 3.47. The van der Waals surface area contributed by atoms with Gasteiger partial charge in [0.05, 0.1) is 12.6 Å². The van der Waals surface area contributed by atoms with E-state index >= 15 is 0 Å². The molecule has 4 nitrogen and oxygen atoms in total. The van der Waals surface area contributed by atoms with Gasteiger partial charge in [0.25, 0.3) is 0 Å². The molecule has 1 aromatic carbocycles. The lowest BCUT2D eigenvalue weighted by Gasteiger charge is -2.39. The molecule has 0 bridgehead atoms. The van der Waals surface area contributed by atoms with Crippen molar-refractivity contribution in [3.8, 4) is 5.75 Å². The Bertz CT molecular complexity index is 672. The topological polar surface area (TPSA) is 51.0 Å². The Kier molecular flexibility index (Phi) is 4.47. The molecular formula is C18H22F3NO3. The maximum absolute atomic E-state index is 13.7. The number of halogens is 3. The van der Waals surface area contributed by atoms with Gasteiger partial charge >= 0.3 is 6.18 Å². The van der Waals surface area contributed by atoms with E-state index < -0.39 is 36.1 Å². The maximum Gasteiger partial charge on any atom is 0.417 e. The number of rotatable bonds is 5. The van der Waals surface area contributed by atoms with Gasteiger partial charge in [-0.2, -0.15) is 13.2 Å². The number of alkyl halides is 3. The van der Waals surface area contributed by atoms with Gasteiger partial charge in [0.2, 0.25) is 0 Å². The summed E-state index contributed by atoms with van der Waals surface area (Å²) in [6.45, 7) is 3.99. The molecule has 2 unspecified atom stereocenters. The van der Waals surface area contributed by atoms with Crippen molar-refractivity contribution in [3.05, 3.63) is 29.3 Å². The summed E-state index contributed by atoms with van der Waals surface area (Å²) in [5.41, 5.74) is -2.09. The summed E-state index contributed by atoms with van der Waals surface area (Å²) < 4.78 is 51.7. The van der Waals surface area contributed by atoms with E-state index in [0.29, 0.717) is 17.9 Å². The van der Waals surface area contributed by atoms with Gasteiger partial charge < -0.3 is 14.6 Å². The highest BCUT2D eigenvalue weighted by Crippen LogP contribution is 2.47. The van der Waals surface area contributed by atoms with Gasteiger partial charge in [0.15, 0.2) is 12.0 Å². The van der Waals surface area contributed by atoms with Crippen molar-refractivity contribution in [1.29, 1.82) is 0 Å². The largest absolute Gasteiger partial charge is 0.493 e. The molecule has 0 aliphatic carbocycles. The Morgan fingerprint density at radius 1 is 1.28 bits per heavy atom. The predicted octanol–water partition coefficient (Wildman–Crippen LogP) is 3.40. The Morgan fingerprint density at radius 2 is 2.04 bits per heavy atom. The third-order valence-corrected chi connectivity index (χ3v) is 4.91. The van der Waals surface area contributed by atoms with Crippen molar-refractivity contribution in [2.75, 3.05) is 13.2 Å². The molecule has 0 fully saturated rings. The highest BCUT2D eigenvalue weighted by molar-refractivity contribution is 5.49. The average molecular weight is 357 g/mol. The zero-order chi connectivity index (χ0) is 18.3. The van der Waals surface area contributed by atoms with Crippen molar-refractivity contribution in [2.24, 2.45) is 4.99 Å². The fraction of sp³-hybridized carbons (Fsp3) is 0.611. The standard InChI is InChI=1S/C18H22F3NO3/c1-16(2,14-5-3-4-12-6-7-25-15(12)14)10-17(23,18(19,20)21)8-13-9-24-11-22-13/h3-5,11,13,23H,6-10H2,1-2H3. The summed E-state index contributed by atoms with van der Waals surface area (Å²) in [5.74, 6) is 0.652. The minimum Gasteiger partial charge on any atom is -0.493 e. The van der Waals surface area contributed by atoms with E-state index in [9.17, 15) is 18.3 Å². The highest BCUT2D eigenvalue weighted by Gasteiger charge is 2.57. The first-order chi connectivity index (χ1) is 11.6. The van der Waals surface area contributed by atoms with E-state index in [1.807, 2.05) is 12.1 Å². The summed E-state index contributed by atoms with van der Waals surface area (Å²) in [4.78, 5) is 3.86. The number of benzene rings is 1. The van der Waals surface area contributed by atoms with Crippen molar-refractivity contribution in [3.63, 3.8) is 0 Å². The van der Waals surface area contributed by atoms with Crippen LogP contribution in [0.15, 0.2) is 23.2 Å². The highest BCUT2D eigenvalue weighted by atomic mass is 19.4. The number of ether oxygens (including phenoxy) is 2. The smallest absolute Gasteiger partial charge is 0.417 e. The van der Waals surface area contributed by atoms with Gasteiger partial charge in [0, 0.05) is 18.4 Å². The lowest BCUT2D eigenvalue weighted by Crippen LogP contribution is -2.51. The number of aliphatic imine (C=N–C) groups is 1. The van der Waals surface area contributed by atoms with Crippen LogP contribution in [0.5, 0.6) is 5.75 Å². The van der Waals surface area contributed by atoms with E-state index in [1.165, 1.54) is 0 Å². The number of para-hydroxylation sites is 1. The monoisotopic (exact) mass is 357 g/mol. The third-order valence-electron chi connectivity index (χ3n) is 4.91. The molecule has 2 atom stereocenters. The van der Waals surface area contributed by atoms with E-state index in [0.717, 1.165) is 18.4 Å². The average Bonchev–Trinajstić information content (AvgIpc) is 3.15. The number of hydrogen-bond acceptors (Lipinski definition) is 4. The summed E-state index contributed by atoms with van der Waals surface area (Å²) in [7, 11) is 0. The van der Waals surface area contributed by atoms with Crippen LogP contribution < -0.4 is 4.74 Å². The molecule has 0 aromatic heterocycles. The summed E-state index contributed by atoms with van der Waals surface area (Å²) in [5, 5.41) is 10.6. The molecule has 3 rings (SSSR count). The van der Waals surface area contributed by atoms with Crippen LogP contribution in [-0.4, -0.2) is 42.5 Å². The summed E-state index contributed by atoms with van der Waals surface area (Å²) >= 11 is 0. The van der Waals surface area contributed by atoms with E-state index in [1.54, 1.807) is 19.9 Å². The Hall–Kier alpha value is -1.76. The molecule has 0 spiro atoms. The molecule has 1 aromatic rings. The van der Waals surface area contributed by atoms with Crippen LogP contribution in [-0.2, 0) is 16.6 Å². The van der Waals surface area contributed by atoms with Crippen LogP contribution in [0, 0.1) is 0 Å². The number of nitrogens with zero attached hydrogens (tertiary/aromatic N) is 1. The van der Waals surface area contributed by atoms with Crippen LogP contribution in [0.3, 0.4) is 0 Å². The second-order valence-electron chi connectivity index (χ2n) is 7.43. The first-order valence-electron chi connectivity index (χ1n) is 8.30. The molecule has 7 heteroatoms. The second kappa shape index (κ2) is 6.20. The molecule has 0 saturated heterocycles. The first-order valence-corrected chi connectivity index (χ1v) is 8.30. The predicted molar refractivity (Wildman–Crippen MR) is 87.1 cm³/mol. The SMILES string of the molecule is CC(C)(CC(O)(CC1COC=N1)C(F)(F)F)c1cccc2c1OCC2. The van der Waals surface area contributed by atoms with Crippen molar-refractivity contribution >= 4 is 6.40 Å². The van der Waals surface area contributed by atoms with Crippen molar-refractivity contribution < 1.29 is 27.8 Å². The molecule has 138 valence electrons. The Labute approximate surface area is 144 Å². The molecule has 0 saturated carbocycles. The van der Waals surface area contributed by atoms with Crippen LogP contribution in [0.4, 0.5) is 13.2 Å². The van der Waals surface area contributed by atoms with Crippen LogP contribution in [0.1, 0.15) is 37.8 Å². The van der Waals surface area contributed by atoms with E-state index in [2.05, 4.69) is 4.99 Å². The van der Waals surface area contributed by atoms with Gasteiger partial charge in [0.1, 0.15) is 12.4 Å². The molecule has 25 heavy (non-hydrogen) atoms. The normalized spacial score (nSPS) is 22.2. The molecule has 1 N–H and O–H groups in total. The van der Waals surface area contributed by atoms with E-state index in [-0.39, 0.29) is 6.61 Å². The van der Waals surface area contributed by atoms with Gasteiger partial charge in [-0.25, -0.2) is 0 Å². The quantitative estimate of drug-likeness (QED) is 0.879. The summed E-state index contributed by atoms with van der Waals surface area (Å²) in [6, 6.07) is 4.83. The number of fused-ring (bicyclic) bond motifs is 1. The van der Waals surface area contributed by atoms with Gasteiger partial charge in [-0.3, -0.25) is 4.99 Å². The molecular weight excluding hydrogens is 335 g/mol. The minimum absolute atomic E-state index is 0.0582. The fourth-order valence-electron chi connectivity index (χ4n) is 3.69.